The van der Waals surface area contributed by atoms with Gasteiger partial charge in [-0.15, -0.1) is 0 Å². The van der Waals surface area contributed by atoms with Crippen LogP contribution >= 0.6 is 0 Å². The Morgan fingerprint density at radius 2 is 1.87 bits per heavy atom. The van der Waals surface area contributed by atoms with Crippen LogP contribution < -0.4 is 5.32 Å². The average Bonchev–Trinajstić information content (AvgIpc) is 2.22. The highest BCUT2D eigenvalue weighted by Crippen LogP contribution is 2.18. The summed E-state index contributed by atoms with van der Waals surface area (Å²) in [6.45, 7) is 9.91. The molecule has 2 heteroatoms. The molecule has 0 saturated carbocycles. The average molecular weight is 215 g/mol. The van der Waals surface area contributed by atoms with Crippen molar-refractivity contribution >= 4 is 0 Å². The van der Waals surface area contributed by atoms with E-state index in [0.717, 1.165) is 13.0 Å². The molecule has 92 valence electrons. The Kier molecular flexibility index (Phi) is 8.07. The van der Waals surface area contributed by atoms with E-state index in [1.165, 1.54) is 25.7 Å². The Hall–Kier alpha value is -0.0800. The van der Waals surface area contributed by atoms with E-state index in [-0.39, 0.29) is 5.60 Å². The predicted octanol–water partition coefficient (Wildman–Crippen LogP) is 3.36. The molecule has 0 aliphatic carbocycles. The van der Waals surface area contributed by atoms with E-state index in [4.69, 9.17) is 4.74 Å². The van der Waals surface area contributed by atoms with Crippen molar-refractivity contribution in [3.63, 3.8) is 0 Å². The van der Waals surface area contributed by atoms with Crippen molar-refractivity contribution < 1.29 is 4.74 Å². The highest BCUT2D eigenvalue weighted by molar-refractivity contribution is 4.78. The second kappa shape index (κ2) is 8.12. The lowest BCUT2D eigenvalue weighted by Crippen LogP contribution is -2.38. The summed E-state index contributed by atoms with van der Waals surface area (Å²) >= 11 is 0. The molecule has 2 nitrogen and oxygen atoms in total. The normalized spacial score (nSPS) is 14.2. The van der Waals surface area contributed by atoms with Gasteiger partial charge in [0.2, 0.25) is 0 Å². The van der Waals surface area contributed by atoms with Crippen molar-refractivity contribution in [1.82, 2.24) is 5.32 Å². The first kappa shape index (κ1) is 14.9. The minimum absolute atomic E-state index is 0.000844. The maximum atomic E-state index is 5.49. The lowest BCUT2D eigenvalue weighted by Gasteiger charge is -2.29. The molecule has 1 N–H and O–H groups in total. The minimum atomic E-state index is -0.000844. The third kappa shape index (κ3) is 7.80. The van der Waals surface area contributed by atoms with Gasteiger partial charge in [0.05, 0.1) is 5.60 Å². The summed E-state index contributed by atoms with van der Waals surface area (Å²) in [6.07, 6.45) is 6.15. The molecule has 0 radical (unpaired) electrons. The first-order valence-corrected chi connectivity index (χ1v) is 6.34. The highest BCUT2D eigenvalue weighted by Gasteiger charge is 2.21. The van der Waals surface area contributed by atoms with Crippen LogP contribution in [-0.4, -0.2) is 25.3 Å². The molecule has 0 aromatic heterocycles. The van der Waals surface area contributed by atoms with E-state index in [0.29, 0.717) is 6.04 Å². The third-order valence-electron chi connectivity index (χ3n) is 2.88. The SMILES string of the molecule is CCCCC(CC(C)(C)OC)NCCC. The number of ether oxygens (including phenoxy) is 1. The van der Waals surface area contributed by atoms with E-state index in [2.05, 4.69) is 33.0 Å². The molecule has 0 spiro atoms. The molecular weight excluding hydrogens is 186 g/mol. The summed E-state index contributed by atoms with van der Waals surface area (Å²) in [6, 6.07) is 0.611. The topological polar surface area (TPSA) is 21.3 Å². The van der Waals surface area contributed by atoms with Gasteiger partial charge in [-0.25, -0.2) is 0 Å². The van der Waals surface area contributed by atoms with Gasteiger partial charge in [0.25, 0.3) is 0 Å². The zero-order valence-electron chi connectivity index (χ0n) is 11.2. The van der Waals surface area contributed by atoms with Crippen molar-refractivity contribution in [1.29, 1.82) is 0 Å². The van der Waals surface area contributed by atoms with Gasteiger partial charge in [-0.1, -0.05) is 26.7 Å². The van der Waals surface area contributed by atoms with Crippen LogP contribution in [0.5, 0.6) is 0 Å². The molecule has 0 heterocycles. The van der Waals surface area contributed by atoms with Crippen molar-refractivity contribution in [2.75, 3.05) is 13.7 Å². The molecule has 1 atom stereocenters. The maximum absolute atomic E-state index is 5.49. The van der Waals surface area contributed by atoms with Crippen molar-refractivity contribution in [3.8, 4) is 0 Å². The summed E-state index contributed by atoms with van der Waals surface area (Å²) < 4.78 is 5.49. The van der Waals surface area contributed by atoms with E-state index < -0.39 is 0 Å². The van der Waals surface area contributed by atoms with Gasteiger partial charge in [0.1, 0.15) is 0 Å². The molecular formula is C13H29NO. The van der Waals surface area contributed by atoms with Crippen LogP contribution in [0.3, 0.4) is 0 Å². The molecule has 0 aliphatic rings. The fourth-order valence-corrected chi connectivity index (χ4v) is 1.75. The van der Waals surface area contributed by atoms with Gasteiger partial charge in [0, 0.05) is 13.2 Å². The lowest BCUT2D eigenvalue weighted by molar-refractivity contribution is 0.00623. The fourth-order valence-electron chi connectivity index (χ4n) is 1.75. The van der Waals surface area contributed by atoms with E-state index in [1.807, 2.05) is 0 Å². The molecule has 0 aromatic carbocycles. The van der Waals surface area contributed by atoms with E-state index in [1.54, 1.807) is 7.11 Å². The fraction of sp³-hybridized carbons (Fsp3) is 1.00. The Balaban J connectivity index is 3.98. The smallest absolute Gasteiger partial charge is 0.0637 e. The number of hydrogen-bond donors (Lipinski definition) is 1. The first-order chi connectivity index (χ1) is 7.05. The number of nitrogens with one attached hydrogen (secondary N) is 1. The van der Waals surface area contributed by atoms with Crippen LogP contribution in [-0.2, 0) is 4.74 Å². The van der Waals surface area contributed by atoms with Crippen molar-refractivity contribution in [2.24, 2.45) is 0 Å². The van der Waals surface area contributed by atoms with Crippen LogP contribution in [0.2, 0.25) is 0 Å². The van der Waals surface area contributed by atoms with Gasteiger partial charge < -0.3 is 10.1 Å². The van der Waals surface area contributed by atoms with E-state index >= 15 is 0 Å². The quantitative estimate of drug-likeness (QED) is 0.637. The monoisotopic (exact) mass is 215 g/mol. The Bertz CT molecular complexity index is 137. The van der Waals surface area contributed by atoms with Crippen molar-refractivity contribution in [2.45, 2.75) is 71.4 Å². The predicted molar refractivity (Wildman–Crippen MR) is 67.3 cm³/mol. The second-order valence-corrected chi connectivity index (χ2v) is 4.96. The Morgan fingerprint density at radius 1 is 1.20 bits per heavy atom. The number of rotatable bonds is 9. The summed E-state index contributed by atoms with van der Waals surface area (Å²) in [5.74, 6) is 0. The standard InChI is InChI=1S/C13H29NO/c1-6-8-9-12(14-10-7-2)11-13(3,4)15-5/h12,14H,6-11H2,1-5H3. The van der Waals surface area contributed by atoms with Crippen LogP contribution in [0, 0.1) is 0 Å². The van der Waals surface area contributed by atoms with Crippen LogP contribution in [0.15, 0.2) is 0 Å². The van der Waals surface area contributed by atoms with Crippen molar-refractivity contribution in [3.05, 3.63) is 0 Å². The zero-order valence-corrected chi connectivity index (χ0v) is 11.2. The Labute approximate surface area is 95.8 Å². The minimum Gasteiger partial charge on any atom is -0.379 e. The molecule has 0 saturated heterocycles. The number of methoxy groups -OCH3 is 1. The molecule has 15 heavy (non-hydrogen) atoms. The van der Waals surface area contributed by atoms with Gasteiger partial charge >= 0.3 is 0 Å². The van der Waals surface area contributed by atoms with Gasteiger partial charge in [-0.2, -0.15) is 0 Å². The largest absolute Gasteiger partial charge is 0.379 e. The third-order valence-corrected chi connectivity index (χ3v) is 2.88. The van der Waals surface area contributed by atoms with E-state index in [9.17, 15) is 0 Å². The molecule has 0 amide bonds. The summed E-state index contributed by atoms with van der Waals surface area (Å²) in [5, 5.41) is 3.61. The van der Waals surface area contributed by atoms with Crippen LogP contribution in [0.1, 0.15) is 59.8 Å². The number of unbranched alkanes of at least 4 members (excludes halogenated alkanes) is 1. The molecule has 0 fully saturated rings. The molecule has 1 unspecified atom stereocenters. The zero-order chi connectivity index (χ0) is 11.7. The van der Waals surface area contributed by atoms with Gasteiger partial charge in [0.15, 0.2) is 0 Å². The van der Waals surface area contributed by atoms with Gasteiger partial charge in [-0.3, -0.25) is 0 Å². The molecule has 0 bridgehead atoms. The first-order valence-electron chi connectivity index (χ1n) is 6.34. The highest BCUT2D eigenvalue weighted by atomic mass is 16.5. The van der Waals surface area contributed by atoms with Gasteiger partial charge in [-0.05, 0) is 39.7 Å². The summed E-state index contributed by atoms with van der Waals surface area (Å²) in [5.41, 5.74) is -0.000844. The van der Waals surface area contributed by atoms with Crippen LogP contribution in [0.4, 0.5) is 0 Å². The molecule has 0 aliphatic heterocycles. The number of hydrogen-bond acceptors (Lipinski definition) is 2. The molecule has 0 aromatic rings. The summed E-state index contributed by atoms with van der Waals surface area (Å²) in [4.78, 5) is 0. The lowest BCUT2D eigenvalue weighted by atomic mass is 9.95. The maximum Gasteiger partial charge on any atom is 0.0637 e. The Morgan fingerprint density at radius 3 is 2.33 bits per heavy atom. The van der Waals surface area contributed by atoms with Crippen LogP contribution in [0.25, 0.3) is 0 Å². The molecule has 0 rings (SSSR count). The summed E-state index contributed by atoms with van der Waals surface area (Å²) in [7, 11) is 1.80. The second-order valence-electron chi connectivity index (χ2n) is 4.96.